The second kappa shape index (κ2) is 64.9. The average molecular weight is 2080 g/mol. The Morgan fingerprint density at radius 3 is 1.15 bits per heavy atom. The van der Waals surface area contributed by atoms with Crippen LogP contribution in [-0.2, 0) is 9.59 Å². The summed E-state index contributed by atoms with van der Waals surface area (Å²) in [5.41, 5.74) is 0. The molecule has 0 fully saturated rings. The Morgan fingerprint density at radius 2 is 0.761 bits per heavy atom. The second-order valence-electron chi connectivity index (χ2n) is 20.2. The molecule has 4 atom stereocenters. The molecule has 2 amide bonds. The molecule has 0 aromatic rings. The molecular weight excluding hydrogens is 1970 g/mol. The number of aliphatic hydroxyl groups is 5. The number of aliphatic hydroxyl groups excluding tert-OH is 5. The molecule has 0 heterocycles. The van der Waals surface area contributed by atoms with Crippen molar-refractivity contribution >= 4 is 11.8 Å². The van der Waals surface area contributed by atoms with Gasteiger partial charge in [-0.2, -0.15) is 0 Å². The maximum Gasteiger partial charge on any atom is 0.251 e. The van der Waals surface area contributed by atoms with Gasteiger partial charge in [0.1, 0.15) is 18.3 Å². The number of rotatable bonds is 50. The van der Waals surface area contributed by atoms with Gasteiger partial charge >= 0.3 is 0 Å². The molecule has 0 aliphatic heterocycles. The van der Waals surface area contributed by atoms with Gasteiger partial charge in [0.15, 0.2) is 6.10 Å². The third-order valence-corrected chi connectivity index (χ3v) is 13.4. The van der Waals surface area contributed by atoms with Crippen molar-refractivity contribution in [1.29, 1.82) is 0 Å². The third-order valence-electron chi connectivity index (χ3n) is 13.4. The van der Waals surface area contributed by atoms with Gasteiger partial charge in [0, 0.05) is 253 Å². The Labute approximate surface area is 616 Å². The van der Waals surface area contributed by atoms with Gasteiger partial charge < -0.3 is 55.8 Å². The smallest absolute Gasteiger partial charge is 0.251 e. The Hall–Kier alpha value is 5.79. The van der Waals surface area contributed by atoms with Gasteiger partial charge in [0.05, 0.1) is 6.61 Å². The van der Waals surface area contributed by atoms with Gasteiger partial charge in [-0.15, -0.1) is 0 Å². The van der Waals surface area contributed by atoms with E-state index in [1.807, 2.05) is 0 Å². The van der Waals surface area contributed by atoms with Crippen LogP contribution in [0.15, 0.2) is 0 Å². The molecule has 13 nitrogen and oxygen atoms in total. The Morgan fingerprint density at radius 1 is 0.423 bits per heavy atom. The van der Waals surface area contributed by atoms with Crippen LogP contribution >= 0.6 is 0 Å². The number of hydrogen-bond acceptors (Lipinski definition) is 11. The van der Waals surface area contributed by atoms with Gasteiger partial charge in [-0.1, -0.05) is 129 Å². The molecule has 0 spiro atoms. The normalized spacial score (nSPS) is 13.0. The van der Waals surface area contributed by atoms with Crippen LogP contribution in [-0.4, -0.2) is 182 Å². The summed E-state index contributed by atoms with van der Waals surface area (Å²) >= 11 is 0. The fourth-order valence-electron chi connectivity index (χ4n) is 8.84. The molecule has 0 aromatic heterocycles. The summed E-state index contributed by atoms with van der Waals surface area (Å²) in [6.45, 7) is 14.5. The molecule has 0 rings (SSSR count). The van der Waals surface area contributed by atoms with Crippen molar-refractivity contribution in [1.82, 2.24) is 30.2 Å². The predicted molar refractivity (Wildman–Crippen MR) is 276 cm³/mol. The summed E-state index contributed by atoms with van der Waals surface area (Å²) in [7, 11) is 9.20. The number of nitrogens with zero attached hydrogens (tertiary/aromatic N) is 4. The van der Waals surface area contributed by atoms with E-state index in [1.54, 1.807) is 0 Å². The summed E-state index contributed by atoms with van der Waals surface area (Å²) in [5.74, 6) is 0.120. The molecule has 0 bridgehead atoms. The molecule has 71 heavy (non-hydrogen) atoms. The van der Waals surface area contributed by atoms with Gasteiger partial charge in [-0.25, -0.2) is 0 Å². The number of carbonyl (C=O) groups excluding carboxylic acids is 2. The molecule has 0 aromatic carbocycles. The number of carbonyl (C=O) groups is 2. The first-order chi connectivity index (χ1) is 31.9. The van der Waals surface area contributed by atoms with Crippen LogP contribution in [0.3, 0.4) is 0 Å². The summed E-state index contributed by atoms with van der Waals surface area (Å²) in [4.78, 5) is 34.6. The first-order valence-corrected chi connectivity index (χ1v) is 27.5. The van der Waals surface area contributed by atoms with Crippen molar-refractivity contribution in [2.45, 2.75) is 224 Å². The van der Waals surface area contributed by atoms with E-state index in [4.69, 9.17) is 5.11 Å². The van der Waals surface area contributed by atoms with Gasteiger partial charge in [-0.3, -0.25) is 9.59 Å². The van der Waals surface area contributed by atoms with Gasteiger partial charge in [-0.05, 0) is 138 Å². The molecule has 0 saturated heterocycles. The van der Waals surface area contributed by atoms with E-state index in [0.29, 0.717) is 18.9 Å². The average Bonchev–Trinajstić information content (AvgIpc) is 3.30. The quantitative estimate of drug-likeness (QED) is 0.0304. The van der Waals surface area contributed by atoms with Crippen LogP contribution in [0.5, 0.6) is 0 Å². The molecule has 0 unspecified atom stereocenters. The van der Waals surface area contributed by atoms with E-state index in [9.17, 15) is 30.0 Å². The van der Waals surface area contributed by atoms with Crippen LogP contribution in [0.25, 0.3) is 0 Å². The maximum absolute atomic E-state index is 12.5. The minimum absolute atomic E-state index is 0. The van der Waals surface area contributed by atoms with Crippen LogP contribution in [0, 0.1) is 226 Å². The van der Waals surface area contributed by atoms with Crippen LogP contribution in [0.4, 0.5) is 0 Å². The second-order valence-corrected chi connectivity index (χ2v) is 20.2. The minimum Gasteiger partial charge on any atom is -0.394 e. The van der Waals surface area contributed by atoms with Gasteiger partial charge in [0.2, 0.25) is 5.91 Å². The van der Waals surface area contributed by atoms with E-state index in [2.05, 4.69) is 72.3 Å². The third kappa shape index (κ3) is 57.4. The van der Waals surface area contributed by atoms with E-state index in [0.717, 1.165) is 51.5 Å². The first-order valence-electron chi connectivity index (χ1n) is 27.5. The number of unbranched alkanes of at least 4 members (excludes halogenated alkanes) is 21. The Balaban J connectivity index is -0.00000211. The van der Waals surface area contributed by atoms with E-state index in [-0.39, 0.29) is 226 Å². The van der Waals surface area contributed by atoms with Crippen molar-refractivity contribution in [2.24, 2.45) is 5.92 Å². The molecule has 0 saturated carbocycles. The Bertz CT molecular complexity index is 1080. The zero-order valence-electron chi connectivity index (χ0n) is 46.9. The number of hydrogen-bond donors (Lipinski definition) is 7. The molecule has 0 aliphatic rings. The van der Waals surface area contributed by atoms with Crippen LogP contribution in [0.2, 0.25) is 0 Å². The van der Waals surface area contributed by atoms with Crippen molar-refractivity contribution in [2.75, 3.05) is 100 Å². The summed E-state index contributed by atoms with van der Waals surface area (Å²) < 4.78 is 0. The van der Waals surface area contributed by atoms with Crippen molar-refractivity contribution in [3.8, 4) is 0 Å². The van der Waals surface area contributed by atoms with Crippen LogP contribution < -0.4 is 10.6 Å². The molecule has 409 valence electrons. The molecule has 0 aliphatic carbocycles. The summed E-state index contributed by atoms with van der Waals surface area (Å²) in [5, 5.41) is 53.3. The largest absolute Gasteiger partial charge is 0.394 e. The van der Waals surface area contributed by atoms with E-state index >= 15 is 0 Å². The zero-order chi connectivity index (χ0) is 49.0. The van der Waals surface area contributed by atoms with Crippen molar-refractivity contribution in [3.05, 3.63) is 0 Å². The number of amides is 2. The standard InChI is InChI=1S/C53H110N6O7.5Ac/c1-7-9-38-56(3)40-30-32-42-58(5)44-47(45-59(6)43-33-31-41-57(4)39-10-8-2)34-26-23-25-28-36-54-49(62)35-27-22-20-18-16-14-12-11-13-15-17-19-21-24-29-37-55-53(66)52(65)51(64)50(63)48(61)46-60;;;;;/h47-48,50-52,60-61,63-65H,7-46H2,1-6H3,(H,54,62)(H,55,66);;;;;/t48-,50-,51+,52-;;;;;/m1...../s1. The molecule has 18 heteroatoms. The van der Waals surface area contributed by atoms with E-state index < -0.39 is 36.9 Å². The number of nitrogens with one attached hydrogen (secondary N) is 2. The SMILES string of the molecule is CCCCN(C)CCCCN(C)CC(CCCCCCNC(=O)CCCCCCCCCCCCCCCCCNC(=O)[C@H](O)[C@@H](O)[C@H](O)[C@H](O)CO)CN(C)CCCCN(C)CCCC.[Ac].[Ac].[Ac].[Ac].[Ac]. The summed E-state index contributed by atoms with van der Waals surface area (Å²) in [6.07, 6.45) is 27.3. The van der Waals surface area contributed by atoms with Crippen LogP contribution in [0.1, 0.15) is 200 Å². The topological polar surface area (TPSA) is 172 Å². The monoisotopic (exact) mass is 2080 g/mol. The fourth-order valence-corrected chi connectivity index (χ4v) is 8.84. The molecule has 7 N–H and O–H groups in total. The Kier molecular flexibility index (Phi) is 80.5. The zero-order valence-corrected chi connectivity index (χ0v) is 70.6. The molecule has 5 radical (unpaired) electrons. The first kappa shape index (κ1) is 88.0. The van der Waals surface area contributed by atoms with E-state index in [1.165, 1.54) is 187 Å². The summed E-state index contributed by atoms with van der Waals surface area (Å²) in [6, 6.07) is 0. The predicted octanol–water partition coefficient (Wildman–Crippen LogP) is 7.35. The van der Waals surface area contributed by atoms with Crippen molar-refractivity contribution in [3.63, 3.8) is 0 Å². The molecular formula is C53H110Ac5N6O7. The van der Waals surface area contributed by atoms with Gasteiger partial charge in [0.25, 0.3) is 5.91 Å². The van der Waals surface area contributed by atoms with Crippen molar-refractivity contribution < 1.29 is 255 Å². The minimum atomic E-state index is -1.87. The maximum atomic E-state index is 12.5. The fraction of sp³-hybridized carbons (Fsp3) is 0.962.